The van der Waals surface area contributed by atoms with Crippen LogP contribution in [0.4, 0.5) is 14.5 Å². The molecule has 1 saturated heterocycles. The van der Waals surface area contributed by atoms with Crippen LogP contribution in [0, 0.1) is 11.6 Å². The third-order valence-electron chi connectivity index (χ3n) is 4.33. The van der Waals surface area contributed by atoms with E-state index in [2.05, 4.69) is 10.3 Å². The molecular weight excluding hydrogens is 359 g/mol. The number of anilines is 1. The lowest BCUT2D eigenvalue weighted by Crippen LogP contribution is -2.38. The first-order valence-corrected chi connectivity index (χ1v) is 10.3. The second-order valence-corrected chi connectivity index (χ2v) is 8.36. The van der Waals surface area contributed by atoms with Crippen LogP contribution in [0.5, 0.6) is 0 Å². The smallest absolute Gasteiger partial charge is 0.249 e. The number of pyridine rings is 1. The normalized spacial score (nSPS) is 17.0. The number of nitrogens with zero attached hydrogens (tertiary/aromatic N) is 2. The average molecular weight is 377 g/mol. The Labute approximate surface area is 151 Å². The molecule has 0 aliphatic carbocycles. The monoisotopic (exact) mass is 377 g/mol. The van der Waals surface area contributed by atoms with Gasteiger partial charge in [-0.2, -0.15) is 0 Å². The van der Waals surface area contributed by atoms with Gasteiger partial charge in [0.1, 0.15) is 6.04 Å². The molecule has 2 heterocycles. The van der Waals surface area contributed by atoms with Crippen LogP contribution in [0.15, 0.2) is 30.5 Å². The minimum atomic E-state index is -1.08. The van der Waals surface area contributed by atoms with Gasteiger partial charge in [0.15, 0.2) is 11.6 Å². The van der Waals surface area contributed by atoms with E-state index in [0.717, 1.165) is 5.44 Å². The lowest BCUT2D eigenvalue weighted by atomic mass is 10.1. The Morgan fingerprint density at radius 3 is 2.69 bits per heavy atom. The summed E-state index contributed by atoms with van der Waals surface area (Å²) in [5, 5.41) is 2.39. The van der Waals surface area contributed by atoms with Crippen LogP contribution >= 0.6 is 7.92 Å². The molecule has 26 heavy (non-hydrogen) atoms. The minimum Gasteiger partial charge on any atom is -0.347 e. The van der Waals surface area contributed by atoms with Gasteiger partial charge in [-0.3, -0.25) is 14.6 Å². The van der Waals surface area contributed by atoms with E-state index in [4.69, 9.17) is 0 Å². The molecule has 2 amide bonds. The fraction of sp³-hybridized carbons (Fsp3) is 0.278. The Balaban J connectivity index is 2.01. The van der Waals surface area contributed by atoms with Crippen LogP contribution in [0.1, 0.15) is 6.42 Å². The van der Waals surface area contributed by atoms with Crippen molar-refractivity contribution in [3.63, 3.8) is 0 Å². The Morgan fingerprint density at radius 1 is 1.23 bits per heavy atom. The number of hydrogen-bond acceptors (Lipinski definition) is 3. The number of carbonyl (C=O) groups excluding carboxylic acids is 2. The van der Waals surface area contributed by atoms with Gasteiger partial charge in [-0.1, -0.05) is 14.0 Å². The summed E-state index contributed by atoms with van der Waals surface area (Å²) in [7, 11) is -0.602. The van der Waals surface area contributed by atoms with Crippen molar-refractivity contribution >= 4 is 31.4 Å². The van der Waals surface area contributed by atoms with Crippen molar-refractivity contribution in [2.75, 3.05) is 24.8 Å². The van der Waals surface area contributed by atoms with Crippen molar-refractivity contribution in [1.82, 2.24) is 10.3 Å². The van der Waals surface area contributed by atoms with Gasteiger partial charge in [0, 0.05) is 23.9 Å². The highest BCUT2D eigenvalue weighted by atomic mass is 31.1. The van der Waals surface area contributed by atoms with Crippen molar-refractivity contribution < 1.29 is 18.4 Å². The van der Waals surface area contributed by atoms with Crippen molar-refractivity contribution in [3.8, 4) is 11.1 Å². The molecule has 8 heteroatoms. The number of nitrogens with one attached hydrogen (secondary N) is 1. The first kappa shape index (κ1) is 18.4. The fourth-order valence-electron chi connectivity index (χ4n) is 3.08. The maximum absolute atomic E-state index is 14.8. The van der Waals surface area contributed by atoms with E-state index in [0.29, 0.717) is 18.4 Å². The molecule has 0 unspecified atom stereocenters. The van der Waals surface area contributed by atoms with E-state index in [-0.39, 0.29) is 17.8 Å². The number of carbonyl (C=O) groups is 2. The molecular formula is C18H18F2N3O2P. The number of rotatable bonds is 5. The predicted octanol–water partition coefficient (Wildman–Crippen LogP) is 2.24. The van der Waals surface area contributed by atoms with Gasteiger partial charge < -0.3 is 10.2 Å². The molecule has 1 aliphatic rings. The summed E-state index contributed by atoms with van der Waals surface area (Å²) < 4.78 is 29.6. The summed E-state index contributed by atoms with van der Waals surface area (Å²) in [6, 6.07) is 5.57. The Morgan fingerprint density at radius 2 is 2.00 bits per heavy atom. The number of halogens is 2. The molecule has 0 spiro atoms. The Bertz CT molecular complexity index is 860. The maximum Gasteiger partial charge on any atom is 0.249 e. The zero-order valence-corrected chi connectivity index (χ0v) is 15.3. The molecule has 0 radical (unpaired) electrons. The van der Waals surface area contributed by atoms with Crippen LogP contribution in [-0.2, 0) is 9.59 Å². The molecule has 1 fully saturated rings. The summed E-state index contributed by atoms with van der Waals surface area (Å²) >= 11 is 0. The van der Waals surface area contributed by atoms with Gasteiger partial charge in [0.05, 0.1) is 11.1 Å². The largest absolute Gasteiger partial charge is 0.347 e. The summed E-state index contributed by atoms with van der Waals surface area (Å²) in [5.74, 6) is -2.53. The Kier molecular flexibility index (Phi) is 5.28. The maximum atomic E-state index is 14.8. The standard InChI is InChI=1S/C18H18F2N3O2P/c1-26(2)17-12(4-3-8-21-17)11-5-6-14(16(20)15(11)19)23-9-7-13(18(23)25)22-10-24/h3-6,8,10,13H,7,9H2,1-2H3,(H,22,24)/t13-/m1/s1. The first-order valence-electron chi connectivity index (χ1n) is 8.07. The topological polar surface area (TPSA) is 62.3 Å². The minimum absolute atomic E-state index is 0.118. The quantitative estimate of drug-likeness (QED) is 0.642. The summed E-state index contributed by atoms with van der Waals surface area (Å²) in [6.07, 6.45) is 2.42. The number of amides is 2. The van der Waals surface area contributed by atoms with E-state index in [9.17, 15) is 18.4 Å². The van der Waals surface area contributed by atoms with E-state index < -0.39 is 31.5 Å². The lowest BCUT2D eigenvalue weighted by Gasteiger charge is -2.19. The van der Waals surface area contributed by atoms with E-state index in [1.165, 1.54) is 17.0 Å². The van der Waals surface area contributed by atoms with Crippen molar-refractivity contribution in [3.05, 3.63) is 42.1 Å². The molecule has 1 atom stereocenters. The summed E-state index contributed by atoms with van der Waals surface area (Å²) in [4.78, 5) is 28.3. The zero-order chi connectivity index (χ0) is 18.8. The van der Waals surface area contributed by atoms with Gasteiger partial charge in [0.25, 0.3) is 0 Å². The van der Waals surface area contributed by atoms with Crippen LogP contribution in [-0.4, -0.2) is 43.2 Å². The molecule has 3 rings (SSSR count). The molecule has 5 nitrogen and oxygen atoms in total. The highest BCUT2D eigenvalue weighted by Gasteiger charge is 2.34. The summed E-state index contributed by atoms with van der Waals surface area (Å²) in [6.45, 7) is 4.20. The second kappa shape index (κ2) is 7.46. The van der Waals surface area contributed by atoms with Crippen molar-refractivity contribution in [2.24, 2.45) is 0 Å². The summed E-state index contributed by atoms with van der Waals surface area (Å²) in [5.41, 5.74) is 1.30. The van der Waals surface area contributed by atoms with E-state index in [1.807, 2.05) is 13.3 Å². The SMILES string of the molecule is CP(C)c1ncccc1-c1ccc(N2CC[C@@H](NC=O)C2=O)c(F)c1F. The number of hydrogen-bond donors (Lipinski definition) is 1. The first-order chi connectivity index (χ1) is 12.5. The molecule has 1 aromatic heterocycles. The molecule has 1 N–H and O–H groups in total. The molecule has 136 valence electrons. The van der Waals surface area contributed by atoms with Gasteiger partial charge >= 0.3 is 0 Å². The van der Waals surface area contributed by atoms with E-state index in [1.54, 1.807) is 18.3 Å². The molecule has 0 saturated carbocycles. The van der Waals surface area contributed by atoms with Crippen LogP contribution in [0.3, 0.4) is 0 Å². The lowest BCUT2D eigenvalue weighted by molar-refractivity contribution is -0.121. The third kappa shape index (κ3) is 3.19. The molecule has 0 bridgehead atoms. The van der Waals surface area contributed by atoms with Crippen molar-refractivity contribution in [1.29, 1.82) is 0 Å². The molecule has 2 aromatic rings. The van der Waals surface area contributed by atoms with Gasteiger partial charge in [-0.25, -0.2) is 8.78 Å². The second-order valence-electron chi connectivity index (χ2n) is 6.14. The molecule has 1 aliphatic heterocycles. The van der Waals surface area contributed by atoms with Gasteiger partial charge in [-0.15, -0.1) is 0 Å². The number of benzene rings is 1. The van der Waals surface area contributed by atoms with Crippen molar-refractivity contribution in [2.45, 2.75) is 12.5 Å². The predicted molar refractivity (Wildman–Crippen MR) is 97.9 cm³/mol. The van der Waals surface area contributed by atoms with Gasteiger partial charge in [0.2, 0.25) is 12.3 Å². The van der Waals surface area contributed by atoms with Gasteiger partial charge in [-0.05, 0) is 37.9 Å². The third-order valence-corrected chi connectivity index (χ3v) is 5.53. The van der Waals surface area contributed by atoms with E-state index >= 15 is 0 Å². The van der Waals surface area contributed by atoms with Crippen LogP contribution in [0.25, 0.3) is 11.1 Å². The average Bonchev–Trinajstić information content (AvgIpc) is 2.98. The molecule has 1 aromatic carbocycles. The fourth-order valence-corrected chi connectivity index (χ4v) is 4.05. The van der Waals surface area contributed by atoms with Crippen LogP contribution in [0.2, 0.25) is 0 Å². The van der Waals surface area contributed by atoms with Crippen LogP contribution < -0.4 is 15.7 Å². The number of aromatic nitrogens is 1. The highest BCUT2D eigenvalue weighted by Crippen LogP contribution is 2.35. The Hall–Kier alpha value is -2.40. The highest BCUT2D eigenvalue weighted by molar-refractivity contribution is 7.64. The zero-order valence-electron chi connectivity index (χ0n) is 14.4.